The van der Waals surface area contributed by atoms with Crippen LogP contribution < -0.4 is 5.32 Å². The number of carbonyl (C=O) groups excluding carboxylic acids is 1. The molecule has 1 aromatic rings. The minimum Gasteiger partial charge on any atom is -0.310 e. The fourth-order valence-corrected chi connectivity index (χ4v) is 2.35. The molecule has 0 saturated heterocycles. The highest BCUT2D eigenvalue weighted by atomic mass is 32.2. The SMILES string of the molecule is CSC(C)(C)/C=N/OC(=O)NCSc1ccc(C(C)(C)C)cc1. The highest BCUT2D eigenvalue weighted by Crippen LogP contribution is 2.25. The van der Waals surface area contributed by atoms with Gasteiger partial charge in [0.2, 0.25) is 0 Å². The highest BCUT2D eigenvalue weighted by Gasteiger charge is 2.13. The molecule has 0 unspecified atom stereocenters. The van der Waals surface area contributed by atoms with E-state index in [1.165, 1.54) is 5.56 Å². The Kier molecular flexibility index (Phi) is 7.48. The first kappa shape index (κ1) is 19.9. The molecule has 0 saturated carbocycles. The Balaban J connectivity index is 2.35. The van der Waals surface area contributed by atoms with Crippen LogP contribution in [0.1, 0.15) is 40.2 Å². The minimum atomic E-state index is -0.544. The van der Waals surface area contributed by atoms with Crippen LogP contribution in [0.15, 0.2) is 34.3 Å². The topological polar surface area (TPSA) is 50.7 Å². The third-order valence-electron chi connectivity index (χ3n) is 3.20. The average molecular weight is 355 g/mol. The molecule has 6 heteroatoms. The molecule has 128 valence electrons. The Morgan fingerprint density at radius 1 is 1.22 bits per heavy atom. The maximum Gasteiger partial charge on any atom is 0.434 e. The van der Waals surface area contributed by atoms with Crippen LogP contribution in [-0.2, 0) is 10.3 Å². The van der Waals surface area contributed by atoms with E-state index in [0.717, 1.165) is 4.90 Å². The van der Waals surface area contributed by atoms with Crippen molar-refractivity contribution in [2.75, 3.05) is 12.1 Å². The summed E-state index contributed by atoms with van der Waals surface area (Å²) in [6.45, 7) is 10.6. The molecule has 23 heavy (non-hydrogen) atoms. The van der Waals surface area contributed by atoms with E-state index in [-0.39, 0.29) is 10.2 Å². The molecule has 1 rings (SSSR count). The quantitative estimate of drug-likeness (QED) is 0.260. The van der Waals surface area contributed by atoms with Gasteiger partial charge in [-0.25, -0.2) is 4.79 Å². The maximum absolute atomic E-state index is 11.5. The fraction of sp³-hybridized carbons (Fsp3) is 0.529. The molecule has 0 fully saturated rings. The lowest BCUT2D eigenvalue weighted by Gasteiger charge is -2.19. The van der Waals surface area contributed by atoms with E-state index in [9.17, 15) is 4.79 Å². The summed E-state index contributed by atoms with van der Waals surface area (Å²) in [4.78, 5) is 17.4. The van der Waals surface area contributed by atoms with Crippen molar-refractivity contribution in [2.45, 2.75) is 49.7 Å². The predicted molar refractivity (Wildman–Crippen MR) is 102 cm³/mol. The van der Waals surface area contributed by atoms with Crippen LogP contribution >= 0.6 is 23.5 Å². The highest BCUT2D eigenvalue weighted by molar-refractivity contribution is 8.00. The Hall–Kier alpha value is -1.14. The van der Waals surface area contributed by atoms with Gasteiger partial charge >= 0.3 is 6.09 Å². The summed E-state index contributed by atoms with van der Waals surface area (Å²) in [6, 6.07) is 8.37. The van der Waals surface area contributed by atoms with Crippen molar-refractivity contribution in [2.24, 2.45) is 5.16 Å². The van der Waals surface area contributed by atoms with Crippen molar-refractivity contribution in [3.05, 3.63) is 29.8 Å². The number of hydrogen-bond donors (Lipinski definition) is 1. The van der Waals surface area contributed by atoms with Crippen molar-refractivity contribution in [3.63, 3.8) is 0 Å². The summed E-state index contributed by atoms with van der Waals surface area (Å²) in [6.07, 6.45) is 3.06. The molecule has 1 N–H and O–H groups in total. The van der Waals surface area contributed by atoms with Gasteiger partial charge in [0.05, 0.1) is 12.1 Å². The van der Waals surface area contributed by atoms with Crippen LogP contribution in [0.2, 0.25) is 0 Å². The Morgan fingerprint density at radius 2 is 1.83 bits per heavy atom. The maximum atomic E-state index is 11.5. The zero-order chi connectivity index (χ0) is 17.5. The van der Waals surface area contributed by atoms with Crippen LogP contribution in [0.4, 0.5) is 4.79 Å². The van der Waals surface area contributed by atoms with E-state index in [1.54, 1.807) is 29.7 Å². The van der Waals surface area contributed by atoms with E-state index in [4.69, 9.17) is 4.84 Å². The molecule has 1 amide bonds. The second kappa shape index (κ2) is 8.64. The van der Waals surface area contributed by atoms with Crippen LogP contribution in [0, 0.1) is 0 Å². The number of carbonyl (C=O) groups is 1. The van der Waals surface area contributed by atoms with Crippen molar-refractivity contribution in [3.8, 4) is 0 Å². The third-order valence-corrected chi connectivity index (χ3v) is 5.25. The fourth-order valence-electron chi connectivity index (χ4n) is 1.52. The number of amides is 1. The molecule has 0 atom stereocenters. The molecule has 4 nitrogen and oxygen atoms in total. The lowest BCUT2D eigenvalue weighted by atomic mass is 9.87. The van der Waals surface area contributed by atoms with Gasteiger partial charge in [0.1, 0.15) is 0 Å². The lowest BCUT2D eigenvalue weighted by molar-refractivity contribution is 0.153. The Morgan fingerprint density at radius 3 is 2.35 bits per heavy atom. The zero-order valence-electron chi connectivity index (χ0n) is 14.7. The predicted octanol–water partition coefficient (Wildman–Crippen LogP) is 4.89. The van der Waals surface area contributed by atoms with E-state index in [0.29, 0.717) is 5.88 Å². The molecule has 0 aliphatic rings. The van der Waals surface area contributed by atoms with Crippen LogP contribution in [0.5, 0.6) is 0 Å². The van der Waals surface area contributed by atoms with Crippen molar-refractivity contribution in [1.82, 2.24) is 5.32 Å². The number of oxime groups is 1. The second-order valence-corrected chi connectivity index (χ2v) is 9.17. The molecule has 0 aromatic heterocycles. The van der Waals surface area contributed by atoms with Gasteiger partial charge in [0, 0.05) is 9.64 Å². The van der Waals surface area contributed by atoms with Gasteiger partial charge in [-0.1, -0.05) is 38.1 Å². The Bertz CT molecular complexity index is 535. The van der Waals surface area contributed by atoms with E-state index >= 15 is 0 Å². The molecule has 0 heterocycles. The molecule has 1 aromatic carbocycles. The molecule has 0 aliphatic heterocycles. The minimum absolute atomic E-state index is 0.147. The molecule has 0 aliphatic carbocycles. The van der Waals surface area contributed by atoms with Gasteiger partial charge in [-0.15, -0.1) is 11.8 Å². The number of rotatable bonds is 6. The average Bonchev–Trinajstić information content (AvgIpc) is 2.46. The Labute approximate surface area is 147 Å². The number of nitrogens with zero attached hydrogens (tertiary/aromatic N) is 1. The number of nitrogens with one attached hydrogen (secondary N) is 1. The number of thioether (sulfide) groups is 2. The van der Waals surface area contributed by atoms with Crippen molar-refractivity contribution < 1.29 is 9.63 Å². The van der Waals surface area contributed by atoms with Gasteiger partial charge in [-0.3, -0.25) is 4.84 Å². The molecule has 0 spiro atoms. The molecular formula is C17H26N2O2S2. The van der Waals surface area contributed by atoms with Gasteiger partial charge in [-0.2, -0.15) is 11.8 Å². The first-order chi connectivity index (χ1) is 10.6. The zero-order valence-corrected chi connectivity index (χ0v) is 16.3. The van der Waals surface area contributed by atoms with Crippen LogP contribution in [0.3, 0.4) is 0 Å². The third kappa shape index (κ3) is 7.79. The van der Waals surface area contributed by atoms with Crippen LogP contribution in [-0.4, -0.2) is 29.2 Å². The monoisotopic (exact) mass is 354 g/mol. The summed E-state index contributed by atoms with van der Waals surface area (Å²) in [5.74, 6) is 0.440. The standard InChI is InChI=1S/C17H26N2O2S2/c1-16(2,3)13-7-9-14(10-8-13)23-12-18-15(20)21-19-11-17(4,5)22-6/h7-11H,12H2,1-6H3,(H,18,20)/b19-11+. The first-order valence-electron chi connectivity index (χ1n) is 7.42. The van der Waals surface area contributed by atoms with E-state index in [2.05, 4.69) is 55.5 Å². The first-order valence-corrected chi connectivity index (χ1v) is 9.63. The lowest BCUT2D eigenvalue weighted by Crippen LogP contribution is -2.23. The van der Waals surface area contributed by atoms with E-state index < -0.39 is 6.09 Å². The summed E-state index contributed by atoms with van der Waals surface area (Å²) >= 11 is 3.18. The molecular weight excluding hydrogens is 328 g/mol. The van der Waals surface area contributed by atoms with Gasteiger partial charge in [0.15, 0.2) is 0 Å². The largest absolute Gasteiger partial charge is 0.434 e. The van der Waals surface area contributed by atoms with Crippen molar-refractivity contribution >= 4 is 35.8 Å². The van der Waals surface area contributed by atoms with Gasteiger partial charge < -0.3 is 5.32 Å². The van der Waals surface area contributed by atoms with E-state index in [1.807, 2.05) is 20.1 Å². The molecule has 0 bridgehead atoms. The summed E-state index contributed by atoms with van der Waals surface area (Å²) in [5.41, 5.74) is 1.44. The smallest absolute Gasteiger partial charge is 0.310 e. The number of benzene rings is 1. The van der Waals surface area contributed by atoms with Gasteiger partial charge in [-0.05, 0) is 43.2 Å². The normalized spacial score (nSPS) is 12.4. The number of hydrogen-bond acceptors (Lipinski definition) is 5. The summed E-state index contributed by atoms with van der Waals surface area (Å²) in [7, 11) is 0. The summed E-state index contributed by atoms with van der Waals surface area (Å²) in [5, 5.41) is 6.37. The van der Waals surface area contributed by atoms with Crippen molar-refractivity contribution in [1.29, 1.82) is 0 Å². The second-order valence-electron chi connectivity index (χ2n) is 6.66. The van der Waals surface area contributed by atoms with Gasteiger partial charge in [0.25, 0.3) is 0 Å². The molecule has 0 radical (unpaired) electrons. The van der Waals surface area contributed by atoms with Crippen LogP contribution in [0.25, 0.3) is 0 Å². The summed E-state index contributed by atoms with van der Waals surface area (Å²) < 4.78 is -0.149.